The molecule has 0 saturated carbocycles. The molecule has 0 aromatic carbocycles. The molecular weight excluding hydrogens is 450 g/mol. The molecule has 13 heteroatoms. The van der Waals surface area contributed by atoms with Gasteiger partial charge in [0, 0.05) is 52.3 Å². The fourth-order valence-corrected chi connectivity index (χ4v) is 4.87. The van der Waals surface area contributed by atoms with Gasteiger partial charge in [-0.1, -0.05) is 12.1 Å². The first-order chi connectivity index (χ1) is 15.6. The van der Waals surface area contributed by atoms with E-state index in [-0.39, 0.29) is 42.7 Å². The predicted octanol–water partition coefficient (Wildman–Crippen LogP) is -0.143. The number of aryl methyl sites for hydroxylation is 2. The summed E-state index contributed by atoms with van der Waals surface area (Å²) in [5, 5.41) is 17.8. The lowest BCUT2D eigenvalue weighted by atomic mass is 10.0. The van der Waals surface area contributed by atoms with Crippen molar-refractivity contribution in [2.75, 3.05) is 26.7 Å². The summed E-state index contributed by atoms with van der Waals surface area (Å²) in [6.07, 6.45) is 5.02. The van der Waals surface area contributed by atoms with E-state index in [1.807, 2.05) is 6.92 Å². The van der Waals surface area contributed by atoms with E-state index in [4.69, 9.17) is 4.74 Å². The maximum absolute atomic E-state index is 13.0. The standard InChI is InChI=1S/C20H33N7O5S/c1-15-8-27(16(2)12-28)20(29)6-5-7-26-9-17(22-23-26)13-32-18(15)10-25(4)33(30,31)19-11-24(3)14-21-19/h9,11,14-16,18,28H,5-8,10,12-13H2,1-4H3/t15-,16-,18-/m1/s1. The minimum Gasteiger partial charge on any atom is -0.394 e. The van der Waals surface area contributed by atoms with E-state index >= 15 is 0 Å². The van der Waals surface area contributed by atoms with Crippen LogP contribution in [-0.4, -0.2) is 92.1 Å². The topological polar surface area (TPSA) is 136 Å². The third-order valence-electron chi connectivity index (χ3n) is 5.84. The minimum atomic E-state index is -3.82. The number of amides is 1. The number of aliphatic hydroxyl groups excluding tert-OH is 1. The summed E-state index contributed by atoms with van der Waals surface area (Å²) in [5.41, 5.74) is 0.633. The summed E-state index contributed by atoms with van der Waals surface area (Å²) in [7, 11) is -0.632. The molecule has 1 aliphatic heterocycles. The van der Waals surface area contributed by atoms with Gasteiger partial charge >= 0.3 is 0 Å². The summed E-state index contributed by atoms with van der Waals surface area (Å²) in [6.45, 7) is 4.63. The van der Waals surface area contributed by atoms with Gasteiger partial charge in [-0.15, -0.1) is 5.10 Å². The van der Waals surface area contributed by atoms with Crippen LogP contribution in [0.1, 0.15) is 32.4 Å². The third kappa shape index (κ3) is 6.16. The molecule has 1 aliphatic rings. The van der Waals surface area contributed by atoms with Crippen molar-refractivity contribution in [2.24, 2.45) is 13.0 Å². The van der Waals surface area contributed by atoms with Crippen LogP contribution in [0.4, 0.5) is 0 Å². The van der Waals surface area contributed by atoms with E-state index in [0.717, 1.165) is 0 Å². The molecule has 12 nitrogen and oxygen atoms in total. The fraction of sp³-hybridized carbons (Fsp3) is 0.700. The molecule has 1 amide bonds. The van der Waals surface area contributed by atoms with Gasteiger partial charge in [0.05, 0.1) is 37.9 Å². The van der Waals surface area contributed by atoms with Gasteiger partial charge < -0.3 is 19.3 Å². The molecule has 2 aromatic rings. The molecule has 0 radical (unpaired) electrons. The Morgan fingerprint density at radius 3 is 2.79 bits per heavy atom. The number of rotatable bonds is 6. The molecule has 0 spiro atoms. The van der Waals surface area contributed by atoms with E-state index in [9.17, 15) is 18.3 Å². The van der Waals surface area contributed by atoms with Crippen LogP contribution in [0.25, 0.3) is 0 Å². The lowest BCUT2D eigenvalue weighted by Gasteiger charge is -2.34. The average molecular weight is 484 g/mol. The van der Waals surface area contributed by atoms with Crippen molar-refractivity contribution in [1.82, 2.24) is 33.8 Å². The van der Waals surface area contributed by atoms with Crippen LogP contribution < -0.4 is 0 Å². The number of hydrogen-bond donors (Lipinski definition) is 1. The highest BCUT2D eigenvalue weighted by Gasteiger charge is 2.31. The third-order valence-corrected chi connectivity index (χ3v) is 7.55. The number of fused-ring (bicyclic) bond motifs is 2. The Morgan fingerprint density at radius 2 is 2.12 bits per heavy atom. The van der Waals surface area contributed by atoms with E-state index in [0.29, 0.717) is 31.6 Å². The van der Waals surface area contributed by atoms with E-state index in [1.165, 1.54) is 23.9 Å². The van der Waals surface area contributed by atoms with Crippen LogP contribution in [0.5, 0.6) is 0 Å². The molecule has 3 atom stereocenters. The highest BCUT2D eigenvalue weighted by Crippen LogP contribution is 2.20. The second-order valence-electron chi connectivity index (χ2n) is 8.64. The van der Waals surface area contributed by atoms with E-state index in [2.05, 4.69) is 15.3 Å². The van der Waals surface area contributed by atoms with Gasteiger partial charge in [0.1, 0.15) is 5.69 Å². The molecule has 3 rings (SSSR count). The van der Waals surface area contributed by atoms with Crippen molar-refractivity contribution >= 4 is 15.9 Å². The van der Waals surface area contributed by atoms with Gasteiger partial charge in [0.15, 0.2) is 5.03 Å². The molecule has 1 N–H and O–H groups in total. The van der Waals surface area contributed by atoms with Crippen LogP contribution in [0.15, 0.2) is 23.7 Å². The maximum atomic E-state index is 13.0. The minimum absolute atomic E-state index is 0.0431. The van der Waals surface area contributed by atoms with E-state index in [1.54, 1.807) is 34.3 Å². The quantitative estimate of drug-likeness (QED) is 0.600. The number of imidazole rings is 1. The van der Waals surface area contributed by atoms with Gasteiger partial charge in [0.2, 0.25) is 5.91 Å². The first kappa shape index (κ1) is 25.3. The molecule has 184 valence electrons. The van der Waals surface area contributed by atoms with Crippen molar-refractivity contribution in [3.8, 4) is 0 Å². The second kappa shape index (κ2) is 10.7. The van der Waals surface area contributed by atoms with Crippen LogP contribution in [0.2, 0.25) is 0 Å². The van der Waals surface area contributed by atoms with Crippen LogP contribution in [0, 0.1) is 5.92 Å². The van der Waals surface area contributed by atoms with Gasteiger partial charge in [-0.05, 0) is 13.3 Å². The summed E-state index contributed by atoms with van der Waals surface area (Å²) < 4.78 is 36.6. The molecule has 3 heterocycles. The highest BCUT2D eigenvalue weighted by atomic mass is 32.2. The summed E-state index contributed by atoms with van der Waals surface area (Å²) in [6, 6.07) is -0.363. The highest BCUT2D eigenvalue weighted by molar-refractivity contribution is 7.89. The largest absolute Gasteiger partial charge is 0.394 e. The Balaban J connectivity index is 1.85. The Labute approximate surface area is 194 Å². The lowest BCUT2D eigenvalue weighted by molar-refractivity contribution is -0.136. The summed E-state index contributed by atoms with van der Waals surface area (Å²) in [4.78, 5) is 18.5. The predicted molar refractivity (Wildman–Crippen MR) is 118 cm³/mol. The van der Waals surface area contributed by atoms with E-state index < -0.39 is 16.1 Å². The monoisotopic (exact) mass is 483 g/mol. The Hall–Kier alpha value is -2.35. The number of carbonyl (C=O) groups excluding carboxylic acids is 1. The van der Waals surface area contributed by atoms with Gasteiger partial charge in [0.25, 0.3) is 10.0 Å². The Morgan fingerprint density at radius 1 is 1.36 bits per heavy atom. The molecule has 0 aliphatic carbocycles. The molecule has 0 unspecified atom stereocenters. The number of sulfonamides is 1. The van der Waals surface area contributed by atoms with Gasteiger partial charge in [-0.2, -0.15) is 4.31 Å². The second-order valence-corrected chi connectivity index (χ2v) is 10.6. The number of aromatic nitrogens is 5. The van der Waals surface area contributed by atoms with Crippen molar-refractivity contribution in [3.63, 3.8) is 0 Å². The summed E-state index contributed by atoms with van der Waals surface area (Å²) >= 11 is 0. The Bertz CT molecular complexity index is 1040. The van der Waals surface area contributed by atoms with Gasteiger partial charge in [-0.25, -0.2) is 13.4 Å². The molecule has 2 bridgehead atoms. The van der Waals surface area contributed by atoms with Crippen LogP contribution in [-0.2, 0) is 39.8 Å². The zero-order valence-electron chi connectivity index (χ0n) is 19.5. The zero-order valence-corrected chi connectivity index (χ0v) is 20.3. The van der Waals surface area contributed by atoms with Crippen LogP contribution in [0.3, 0.4) is 0 Å². The molecule has 2 aromatic heterocycles. The number of nitrogens with zero attached hydrogens (tertiary/aromatic N) is 7. The average Bonchev–Trinajstić information content (AvgIpc) is 3.42. The zero-order chi connectivity index (χ0) is 24.2. The fourth-order valence-electron chi connectivity index (χ4n) is 3.73. The lowest BCUT2D eigenvalue weighted by Crippen LogP contribution is -2.47. The number of ether oxygens (including phenoxy) is 1. The van der Waals surface area contributed by atoms with Crippen molar-refractivity contribution in [2.45, 2.75) is 57.0 Å². The molecule has 0 fully saturated rings. The molecule has 0 saturated heterocycles. The van der Waals surface area contributed by atoms with Crippen LogP contribution >= 0.6 is 0 Å². The smallest absolute Gasteiger partial charge is 0.261 e. The number of hydrogen-bond acceptors (Lipinski definition) is 8. The number of carbonyl (C=O) groups is 1. The summed E-state index contributed by atoms with van der Waals surface area (Å²) in [5.74, 6) is -0.295. The first-order valence-electron chi connectivity index (χ1n) is 11.0. The van der Waals surface area contributed by atoms with Crippen molar-refractivity contribution < 1.29 is 23.1 Å². The first-order valence-corrected chi connectivity index (χ1v) is 12.4. The molecule has 33 heavy (non-hydrogen) atoms. The normalized spacial score (nSPS) is 22.0. The van der Waals surface area contributed by atoms with Crippen molar-refractivity contribution in [1.29, 1.82) is 0 Å². The maximum Gasteiger partial charge on any atom is 0.261 e. The number of likely N-dealkylation sites (N-methyl/N-ethyl adjacent to an activating group) is 1. The number of aliphatic hydroxyl groups is 1. The SMILES string of the molecule is C[C@@H]1CN([C@H](C)CO)C(=O)CCCn2cc(nn2)CO[C@@H]1CN(C)S(=O)(=O)c1cn(C)cn1. The van der Waals surface area contributed by atoms with Gasteiger partial charge in [-0.3, -0.25) is 9.48 Å². The van der Waals surface area contributed by atoms with Crippen molar-refractivity contribution in [3.05, 3.63) is 24.4 Å². The molecular formula is C20H33N7O5S. The Kier molecular flexibility index (Phi) is 8.21.